The lowest BCUT2D eigenvalue weighted by Gasteiger charge is -2.37. The van der Waals surface area contributed by atoms with Crippen molar-refractivity contribution in [3.05, 3.63) is 115 Å². The first-order valence-electron chi connectivity index (χ1n) is 27.4. The van der Waals surface area contributed by atoms with Gasteiger partial charge in [0.25, 0.3) is 11.8 Å². The van der Waals surface area contributed by atoms with Crippen molar-refractivity contribution < 1.29 is 43.0 Å². The van der Waals surface area contributed by atoms with E-state index in [1.807, 2.05) is 40.1 Å². The van der Waals surface area contributed by atoms with Gasteiger partial charge in [-0.25, -0.2) is 0 Å². The Labute approximate surface area is 464 Å². The summed E-state index contributed by atoms with van der Waals surface area (Å²) in [5.41, 5.74) is 12.9. The molecule has 1 N–H and O–H groups in total. The number of halogens is 2. The molecule has 9 aliphatic heterocycles. The Bertz CT molecular complexity index is 2990. The topological polar surface area (TPSA) is 123 Å². The van der Waals surface area contributed by atoms with Gasteiger partial charge in [0.2, 0.25) is 0 Å². The molecule has 1 fully saturated rings. The van der Waals surface area contributed by atoms with E-state index in [1.165, 1.54) is 93.3 Å². The van der Waals surface area contributed by atoms with Crippen LogP contribution < -0.4 is 44.0 Å². The van der Waals surface area contributed by atoms with E-state index in [-0.39, 0.29) is 43.3 Å². The molecule has 5 aromatic rings. The third kappa shape index (κ3) is 10.4. The summed E-state index contributed by atoms with van der Waals surface area (Å²) in [5.74, 6) is 4.43. The van der Waals surface area contributed by atoms with E-state index >= 15 is 0 Å². The number of nitrogens with zero attached hydrogens (tertiary/aromatic N) is 4. The van der Waals surface area contributed by atoms with E-state index in [9.17, 15) is 14.7 Å². The Morgan fingerprint density at radius 1 is 0.474 bits per heavy atom. The zero-order chi connectivity index (χ0) is 52.7. The number of carbonyl (C=O) groups is 2. The summed E-state index contributed by atoms with van der Waals surface area (Å²) in [6.45, 7) is 16.4. The third-order valence-corrected chi connectivity index (χ3v) is 18.2. The molecule has 16 heteroatoms. The van der Waals surface area contributed by atoms with Crippen molar-refractivity contribution in [1.82, 2.24) is 0 Å². The fourth-order valence-corrected chi connectivity index (χ4v) is 13.2. The van der Waals surface area contributed by atoms with Gasteiger partial charge >= 0.3 is 7.12 Å². The van der Waals surface area contributed by atoms with Crippen LogP contribution in [0.25, 0.3) is 0 Å². The molecule has 0 aromatic heterocycles. The predicted molar refractivity (Wildman–Crippen MR) is 306 cm³/mol. The van der Waals surface area contributed by atoms with Crippen molar-refractivity contribution in [3.8, 4) is 28.7 Å². The number of aromatic hydroxyl groups is 1. The van der Waals surface area contributed by atoms with Crippen molar-refractivity contribution in [2.75, 3.05) is 85.3 Å². The van der Waals surface area contributed by atoms with Crippen LogP contribution in [0.1, 0.15) is 99.6 Å². The number of anilines is 4. The highest BCUT2D eigenvalue weighted by Gasteiger charge is 2.53. The van der Waals surface area contributed by atoms with Crippen LogP contribution >= 0.6 is 31.9 Å². The van der Waals surface area contributed by atoms with Gasteiger partial charge in [0.1, 0.15) is 42.0 Å². The zero-order valence-electron chi connectivity index (χ0n) is 44.3. The molecule has 5 aromatic carbocycles. The van der Waals surface area contributed by atoms with E-state index in [1.54, 1.807) is 6.07 Å². The van der Waals surface area contributed by atoms with Crippen LogP contribution in [0.15, 0.2) is 81.7 Å². The zero-order valence-corrected chi connectivity index (χ0v) is 47.5. The van der Waals surface area contributed by atoms with E-state index in [2.05, 4.69) is 106 Å². The van der Waals surface area contributed by atoms with Crippen LogP contribution in [0.5, 0.6) is 28.7 Å². The van der Waals surface area contributed by atoms with Gasteiger partial charge in [-0.3, -0.25) is 9.59 Å². The Kier molecular flexibility index (Phi) is 15.3. The summed E-state index contributed by atoms with van der Waals surface area (Å²) >= 11 is 7.14. The van der Waals surface area contributed by atoms with Gasteiger partial charge in [0.15, 0.2) is 13.2 Å². The molecule has 0 bridgehead atoms. The molecule has 0 spiro atoms. The number of ether oxygens (including phenoxy) is 4. The van der Waals surface area contributed by atoms with Gasteiger partial charge in [0, 0.05) is 35.1 Å². The van der Waals surface area contributed by atoms with Crippen LogP contribution in [-0.4, -0.2) is 101 Å². The third-order valence-electron chi connectivity index (χ3n) is 16.7. The molecule has 0 saturated carbocycles. The van der Waals surface area contributed by atoms with Crippen LogP contribution in [0.4, 0.5) is 22.7 Å². The molecule has 1 aliphatic carbocycles. The highest BCUT2D eigenvalue weighted by molar-refractivity contribution is 9.10. The molecular formula is C60H69BBr2N4O9. The smallest absolute Gasteiger partial charge is 0.495 e. The predicted octanol–water partition coefficient (Wildman–Crippen LogP) is 10.5. The second-order valence-corrected chi connectivity index (χ2v) is 23.7. The Balaban J connectivity index is 0.000000103. The van der Waals surface area contributed by atoms with Crippen molar-refractivity contribution in [1.29, 1.82) is 0 Å². The maximum absolute atomic E-state index is 11.7. The average Bonchev–Trinajstić information content (AvgIpc) is 3.66. The van der Waals surface area contributed by atoms with Crippen LogP contribution in [-0.2, 0) is 57.4 Å². The minimum absolute atomic E-state index is 0.0709. The highest BCUT2D eigenvalue weighted by Crippen LogP contribution is 2.45. The summed E-state index contributed by atoms with van der Waals surface area (Å²) in [6.07, 6.45) is 13.5. The number of hydrogen-bond acceptors (Lipinski definition) is 11. The van der Waals surface area contributed by atoms with E-state index in [0.717, 1.165) is 130 Å². The van der Waals surface area contributed by atoms with Gasteiger partial charge in [-0.2, -0.15) is 0 Å². The largest absolute Gasteiger partial charge is 0.508 e. The summed E-state index contributed by atoms with van der Waals surface area (Å²) in [6, 6.07) is 24.1. The number of hydrogen-bond donors (Lipinski definition) is 1. The molecule has 15 rings (SSSR count). The van der Waals surface area contributed by atoms with Crippen molar-refractivity contribution in [2.45, 2.75) is 116 Å². The minimum atomic E-state index is -0.300. The number of phenolic OH excluding ortho intramolecular Hbond substituents is 1. The number of benzene rings is 5. The van der Waals surface area contributed by atoms with Crippen molar-refractivity contribution >= 4 is 79.0 Å². The number of amides is 2. The quantitative estimate of drug-likeness (QED) is 0.161. The number of carbonyl (C=O) groups excluding carboxylic acids is 2. The van der Waals surface area contributed by atoms with Gasteiger partial charge in [-0.1, -0.05) is 62.2 Å². The monoisotopic (exact) mass is 1160 g/mol. The second-order valence-electron chi connectivity index (χ2n) is 22.0. The van der Waals surface area contributed by atoms with Crippen molar-refractivity contribution in [2.24, 2.45) is 0 Å². The number of para-hydroxylation sites is 1. The maximum Gasteiger partial charge on any atom is 0.495 e. The minimum Gasteiger partial charge on any atom is -0.508 e. The maximum atomic E-state index is 11.7. The molecule has 9 heterocycles. The lowest BCUT2D eigenvalue weighted by atomic mass is 9.73. The summed E-state index contributed by atoms with van der Waals surface area (Å²) in [5, 5.41) is 9.46. The average molecular weight is 1160 g/mol. The first-order valence-corrected chi connectivity index (χ1v) is 29.0. The molecule has 13 nitrogen and oxygen atoms in total. The van der Waals surface area contributed by atoms with Gasteiger partial charge in [-0.05, 0) is 186 Å². The first kappa shape index (κ1) is 52.6. The number of aryl methyl sites for hydroxylation is 2. The molecule has 0 atom stereocenters. The van der Waals surface area contributed by atoms with E-state index in [4.69, 9.17) is 28.3 Å². The molecule has 0 unspecified atom stereocenters. The summed E-state index contributed by atoms with van der Waals surface area (Å²) in [4.78, 5) is 31.9. The fraction of sp³-hybridized carbons (Fsp3) is 0.467. The fourth-order valence-electron chi connectivity index (χ4n) is 12.1. The number of rotatable bonds is 1. The second kappa shape index (κ2) is 22.1. The van der Waals surface area contributed by atoms with Crippen LogP contribution in [0.3, 0.4) is 0 Å². The Morgan fingerprint density at radius 2 is 0.947 bits per heavy atom. The standard InChI is InChI=1S/C17H24BNO3.C11H10BrNO2.C11H12BrNO.C11H11NO2.C10H12O/c1-16(2)17(3,4)22-18(21-16)13-7-8-14-15-12(13)6-5-9-19(15)10-11-20-14;12-8-3-4-9-11-7(8)2-1-5-13(11)10(14)6-15-9;12-9-3-4-10-11-8(9)2-1-5-13(11)6-7-14-10;13-10-7-14-9-5-1-3-8-4-2-6-12(10)11(8)9;11-10-7-3-5-8-4-1-2-6-9(8)10/h7-8H,5-6,9-11H2,1-4H3;3-4H,1-2,5-6H2;3-4H,1-2,5-7H2;1,3,5H,2,4,6-7H2;3,5,7,11H,1-2,4,6H2. The lowest BCUT2D eigenvalue weighted by molar-refractivity contribution is -0.122. The lowest BCUT2D eigenvalue weighted by Crippen LogP contribution is -2.43. The molecule has 2 amide bonds. The molecule has 76 heavy (non-hydrogen) atoms. The van der Waals surface area contributed by atoms with Gasteiger partial charge in [-0.15, -0.1) is 0 Å². The normalized spacial score (nSPS) is 20.1. The molecule has 10 aliphatic rings. The van der Waals surface area contributed by atoms with Crippen molar-refractivity contribution in [3.63, 3.8) is 0 Å². The van der Waals surface area contributed by atoms with Crippen LogP contribution in [0, 0.1) is 0 Å². The first-order chi connectivity index (χ1) is 36.8. The van der Waals surface area contributed by atoms with E-state index < -0.39 is 0 Å². The SMILES string of the molecule is Brc1ccc2c3c1CCCN3CCO2.CC1(C)OB(c2ccc3c4c2CCCN4CCO3)OC1(C)C.O=C1COc2ccc(Br)c3c2N1CCC3.O=C1COc2cccc3c2N1CCC3.Oc1cccc2c1CCCC2. The Morgan fingerprint density at radius 3 is 1.59 bits per heavy atom. The molecule has 1 saturated heterocycles. The summed E-state index contributed by atoms with van der Waals surface area (Å²) in [7, 11) is -0.285. The molecule has 0 radical (unpaired) electrons. The number of fused-ring (bicyclic) bond motifs is 1. The Hall–Kier alpha value is -5.42. The highest BCUT2D eigenvalue weighted by atomic mass is 79.9. The molecular weight excluding hydrogens is 1090 g/mol. The van der Waals surface area contributed by atoms with E-state index in [0.29, 0.717) is 5.75 Å². The van der Waals surface area contributed by atoms with Gasteiger partial charge < -0.3 is 53.0 Å². The molecule has 400 valence electrons. The summed E-state index contributed by atoms with van der Waals surface area (Å²) < 4.78 is 37.2. The number of phenols is 1. The van der Waals surface area contributed by atoms with Crippen LogP contribution in [0.2, 0.25) is 0 Å². The van der Waals surface area contributed by atoms with Gasteiger partial charge in [0.05, 0.1) is 47.0 Å².